The highest BCUT2D eigenvalue weighted by Crippen LogP contribution is 2.19. The molecule has 0 aromatic heterocycles. The van der Waals surface area contributed by atoms with E-state index < -0.39 is 0 Å². The standard InChI is InChI=1S/C10H20N2OS/c1-2-9(10(11)14)12-5-3-4-8(6-12)7-13/h8-9,13H,2-7H2,1H3,(H2,11,14). The Labute approximate surface area is 91.3 Å². The van der Waals surface area contributed by atoms with Gasteiger partial charge in [-0.25, -0.2) is 0 Å². The predicted molar refractivity (Wildman–Crippen MR) is 62.2 cm³/mol. The smallest absolute Gasteiger partial charge is 0.0901 e. The van der Waals surface area contributed by atoms with Crippen molar-refractivity contribution < 1.29 is 5.11 Å². The summed E-state index contributed by atoms with van der Waals surface area (Å²) in [7, 11) is 0. The van der Waals surface area contributed by atoms with Crippen LogP contribution in [0.1, 0.15) is 26.2 Å². The van der Waals surface area contributed by atoms with Crippen molar-refractivity contribution in [1.29, 1.82) is 0 Å². The molecule has 1 rings (SSSR count). The van der Waals surface area contributed by atoms with Crippen molar-refractivity contribution in [3.05, 3.63) is 0 Å². The van der Waals surface area contributed by atoms with E-state index in [-0.39, 0.29) is 12.6 Å². The SMILES string of the molecule is CCC(C(N)=S)N1CCCC(CO)C1. The summed E-state index contributed by atoms with van der Waals surface area (Å²) < 4.78 is 0. The lowest BCUT2D eigenvalue weighted by atomic mass is 9.97. The molecule has 0 saturated carbocycles. The fourth-order valence-corrected chi connectivity index (χ4v) is 2.48. The van der Waals surface area contributed by atoms with E-state index >= 15 is 0 Å². The molecule has 0 amide bonds. The summed E-state index contributed by atoms with van der Waals surface area (Å²) >= 11 is 5.05. The minimum Gasteiger partial charge on any atom is -0.396 e. The lowest BCUT2D eigenvalue weighted by Crippen LogP contribution is -2.48. The predicted octanol–water partition coefficient (Wildman–Crippen LogP) is 0.755. The number of nitrogens with two attached hydrogens (primary N) is 1. The zero-order valence-corrected chi connectivity index (χ0v) is 9.59. The van der Waals surface area contributed by atoms with Gasteiger partial charge in [-0.2, -0.15) is 0 Å². The first-order valence-electron chi connectivity index (χ1n) is 5.33. The van der Waals surface area contributed by atoms with E-state index in [4.69, 9.17) is 23.1 Å². The lowest BCUT2D eigenvalue weighted by molar-refractivity contribution is 0.106. The molecule has 3 nitrogen and oxygen atoms in total. The summed E-state index contributed by atoms with van der Waals surface area (Å²) in [4.78, 5) is 2.90. The molecule has 0 aliphatic carbocycles. The highest BCUT2D eigenvalue weighted by Gasteiger charge is 2.25. The molecule has 0 radical (unpaired) electrons. The normalized spacial score (nSPS) is 26.0. The van der Waals surface area contributed by atoms with Crippen molar-refractivity contribution in [3.63, 3.8) is 0 Å². The van der Waals surface area contributed by atoms with Gasteiger partial charge in [-0.05, 0) is 31.7 Å². The minimum atomic E-state index is 0.222. The first-order chi connectivity index (χ1) is 6.69. The molecule has 4 heteroatoms. The highest BCUT2D eigenvalue weighted by molar-refractivity contribution is 7.80. The topological polar surface area (TPSA) is 49.5 Å². The molecule has 0 spiro atoms. The van der Waals surface area contributed by atoms with E-state index in [1.807, 2.05) is 0 Å². The quantitative estimate of drug-likeness (QED) is 0.681. The number of piperidine rings is 1. The molecular formula is C10H20N2OS. The maximum absolute atomic E-state index is 9.11. The second-order valence-corrected chi connectivity index (χ2v) is 4.48. The van der Waals surface area contributed by atoms with Gasteiger partial charge in [0.2, 0.25) is 0 Å². The molecule has 0 aromatic carbocycles. The molecule has 1 aliphatic rings. The fraction of sp³-hybridized carbons (Fsp3) is 0.900. The monoisotopic (exact) mass is 216 g/mol. The molecule has 0 aromatic rings. The van der Waals surface area contributed by atoms with E-state index in [1.165, 1.54) is 0 Å². The van der Waals surface area contributed by atoms with Gasteiger partial charge < -0.3 is 10.8 Å². The third-order valence-corrected chi connectivity index (χ3v) is 3.24. The van der Waals surface area contributed by atoms with Crippen molar-refractivity contribution in [2.45, 2.75) is 32.2 Å². The number of likely N-dealkylation sites (tertiary alicyclic amines) is 1. The third kappa shape index (κ3) is 2.90. The molecule has 1 fully saturated rings. The van der Waals surface area contributed by atoms with E-state index in [1.54, 1.807) is 0 Å². The van der Waals surface area contributed by atoms with E-state index in [2.05, 4.69) is 11.8 Å². The largest absolute Gasteiger partial charge is 0.396 e. The fourth-order valence-electron chi connectivity index (χ4n) is 2.17. The summed E-state index contributed by atoms with van der Waals surface area (Å²) in [5, 5.41) is 9.11. The Kier molecular flexibility index (Phi) is 4.78. The van der Waals surface area contributed by atoms with Gasteiger partial charge >= 0.3 is 0 Å². The van der Waals surface area contributed by atoms with Crippen LogP contribution in [0.4, 0.5) is 0 Å². The molecule has 3 N–H and O–H groups in total. The first kappa shape index (κ1) is 11.9. The van der Waals surface area contributed by atoms with Gasteiger partial charge in [0.15, 0.2) is 0 Å². The van der Waals surface area contributed by atoms with Gasteiger partial charge in [-0.3, -0.25) is 4.90 Å². The van der Waals surface area contributed by atoms with Crippen LogP contribution in [0.3, 0.4) is 0 Å². The third-order valence-electron chi connectivity index (χ3n) is 2.96. The van der Waals surface area contributed by atoms with Gasteiger partial charge in [0, 0.05) is 13.2 Å². The van der Waals surface area contributed by atoms with Gasteiger partial charge in [0.05, 0.1) is 11.0 Å². The zero-order chi connectivity index (χ0) is 10.6. The summed E-state index contributed by atoms with van der Waals surface area (Å²) in [6.45, 7) is 4.38. The minimum absolute atomic E-state index is 0.222. The molecular weight excluding hydrogens is 196 g/mol. The molecule has 1 heterocycles. The lowest BCUT2D eigenvalue weighted by Gasteiger charge is -2.36. The molecule has 1 aliphatic heterocycles. The van der Waals surface area contributed by atoms with Gasteiger partial charge in [-0.1, -0.05) is 19.1 Å². The van der Waals surface area contributed by atoms with Crippen molar-refractivity contribution in [1.82, 2.24) is 4.90 Å². The van der Waals surface area contributed by atoms with Crippen LogP contribution in [0, 0.1) is 5.92 Å². The maximum atomic E-state index is 9.11. The second kappa shape index (κ2) is 5.63. The van der Waals surface area contributed by atoms with Gasteiger partial charge in [0.25, 0.3) is 0 Å². The summed E-state index contributed by atoms with van der Waals surface area (Å²) in [6.07, 6.45) is 3.23. The van der Waals surface area contributed by atoms with E-state index in [0.29, 0.717) is 10.9 Å². The molecule has 82 valence electrons. The van der Waals surface area contributed by atoms with Crippen LogP contribution in [0.2, 0.25) is 0 Å². The van der Waals surface area contributed by atoms with Gasteiger partial charge in [0.1, 0.15) is 0 Å². The number of thiocarbonyl (C=S) groups is 1. The second-order valence-electron chi connectivity index (χ2n) is 4.01. The molecule has 14 heavy (non-hydrogen) atoms. The zero-order valence-electron chi connectivity index (χ0n) is 8.78. The van der Waals surface area contributed by atoms with Crippen molar-refractivity contribution in [2.75, 3.05) is 19.7 Å². The van der Waals surface area contributed by atoms with E-state index in [0.717, 1.165) is 32.4 Å². The Morgan fingerprint density at radius 1 is 1.71 bits per heavy atom. The Hall–Kier alpha value is -0.190. The van der Waals surface area contributed by atoms with Crippen LogP contribution < -0.4 is 5.73 Å². The van der Waals surface area contributed by atoms with Crippen molar-refractivity contribution in [2.24, 2.45) is 11.7 Å². The number of hydrogen-bond acceptors (Lipinski definition) is 3. The molecule has 0 bridgehead atoms. The Balaban J connectivity index is 2.53. The molecule has 1 saturated heterocycles. The molecule has 2 unspecified atom stereocenters. The van der Waals surface area contributed by atoms with Crippen molar-refractivity contribution >= 4 is 17.2 Å². The van der Waals surface area contributed by atoms with Crippen LogP contribution in [0.25, 0.3) is 0 Å². The van der Waals surface area contributed by atoms with E-state index in [9.17, 15) is 0 Å². The first-order valence-corrected chi connectivity index (χ1v) is 5.74. The van der Waals surface area contributed by atoms with Crippen molar-refractivity contribution in [3.8, 4) is 0 Å². The van der Waals surface area contributed by atoms with Crippen LogP contribution in [-0.4, -0.2) is 40.7 Å². The summed E-state index contributed by atoms with van der Waals surface area (Å²) in [6, 6.07) is 0.222. The number of nitrogens with zero attached hydrogens (tertiary/aromatic N) is 1. The molecule has 2 atom stereocenters. The number of hydrogen-bond donors (Lipinski definition) is 2. The Bertz CT molecular complexity index is 199. The summed E-state index contributed by atoms with van der Waals surface area (Å²) in [5.41, 5.74) is 5.69. The average Bonchev–Trinajstić information content (AvgIpc) is 2.19. The Morgan fingerprint density at radius 3 is 2.93 bits per heavy atom. The maximum Gasteiger partial charge on any atom is 0.0901 e. The summed E-state index contributed by atoms with van der Waals surface area (Å²) in [5.74, 6) is 0.409. The number of aliphatic hydroxyl groups is 1. The van der Waals surface area contributed by atoms with Crippen LogP contribution >= 0.6 is 12.2 Å². The number of aliphatic hydroxyl groups excluding tert-OH is 1. The highest BCUT2D eigenvalue weighted by atomic mass is 32.1. The van der Waals surface area contributed by atoms with Crippen LogP contribution in [0.15, 0.2) is 0 Å². The van der Waals surface area contributed by atoms with Gasteiger partial charge in [-0.15, -0.1) is 0 Å². The number of rotatable bonds is 4. The Morgan fingerprint density at radius 2 is 2.43 bits per heavy atom. The van der Waals surface area contributed by atoms with Crippen LogP contribution in [-0.2, 0) is 0 Å². The van der Waals surface area contributed by atoms with Crippen LogP contribution in [0.5, 0.6) is 0 Å². The average molecular weight is 216 g/mol.